The van der Waals surface area contributed by atoms with Crippen molar-refractivity contribution in [3.05, 3.63) is 63.6 Å². The second-order valence-electron chi connectivity index (χ2n) is 7.31. The van der Waals surface area contributed by atoms with E-state index in [2.05, 4.69) is 4.98 Å². The lowest BCUT2D eigenvalue weighted by molar-refractivity contribution is -0.156. The molecule has 2 heterocycles. The summed E-state index contributed by atoms with van der Waals surface area (Å²) < 4.78 is 98.4. The Morgan fingerprint density at radius 1 is 1.06 bits per heavy atom. The molecule has 3 aromatic rings. The van der Waals surface area contributed by atoms with E-state index in [4.69, 9.17) is 0 Å². The van der Waals surface area contributed by atoms with Gasteiger partial charge in [0.15, 0.2) is 11.6 Å². The Morgan fingerprint density at radius 2 is 1.69 bits per heavy atom. The van der Waals surface area contributed by atoms with Crippen LogP contribution in [0.4, 0.5) is 36.4 Å². The van der Waals surface area contributed by atoms with E-state index in [-0.39, 0.29) is 19.3 Å². The van der Waals surface area contributed by atoms with Crippen molar-refractivity contribution in [3.63, 3.8) is 0 Å². The monoisotopic (exact) mass is 459 g/mol. The molecule has 0 radical (unpaired) electrons. The Morgan fingerprint density at radius 3 is 2.22 bits per heavy atom. The minimum absolute atomic E-state index is 0.0647. The zero-order valence-electron chi connectivity index (χ0n) is 15.8. The van der Waals surface area contributed by atoms with E-state index in [0.717, 1.165) is 0 Å². The van der Waals surface area contributed by atoms with Gasteiger partial charge in [0, 0.05) is 18.3 Å². The van der Waals surface area contributed by atoms with Crippen LogP contribution in [-0.4, -0.2) is 22.1 Å². The van der Waals surface area contributed by atoms with Crippen LogP contribution in [0.1, 0.15) is 24.5 Å². The van der Waals surface area contributed by atoms with Gasteiger partial charge >= 0.3 is 6.18 Å². The lowest BCUT2D eigenvalue weighted by Gasteiger charge is -2.21. The Hall–Kier alpha value is -3.44. The molecule has 0 spiro atoms. The van der Waals surface area contributed by atoms with Crippen LogP contribution < -0.4 is 10.7 Å². The van der Waals surface area contributed by atoms with Crippen molar-refractivity contribution in [2.75, 3.05) is 5.32 Å². The molecule has 4 rings (SSSR count). The molecule has 168 valence electrons. The van der Waals surface area contributed by atoms with Crippen LogP contribution in [0.3, 0.4) is 0 Å². The number of nitrogens with one attached hydrogen (secondary N) is 1. The average molecular weight is 459 g/mol. The number of carbonyl (C=O) groups excluding carboxylic acids is 1. The maximum absolute atomic E-state index is 14.7. The Bertz CT molecular complexity index is 1280. The molecule has 1 saturated carbocycles. The fourth-order valence-corrected chi connectivity index (χ4v) is 3.63. The highest BCUT2D eigenvalue weighted by Crippen LogP contribution is 2.51. The smallest absolute Gasteiger partial charge is 0.324 e. The number of hydrogen-bond acceptors (Lipinski definition) is 3. The predicted octanol–water partition coefficient (Wildman–Crippen LogP) is 4.57. The number of alkyl halides is 3. The lowest BCUT2D eigenvalue weighted by Crippen LogP contribution is -2.26. The first-order chi connectivity index (χ1) is 15.0. The first kappa shape index (κ1) is 21.8. The minimum atomic E-state index is -4.86. The summed E-state index contributed by atoms with van der Waals surface area (Å²) in [5, 5.41) is 1.33. The summed E-state index contributed by atoms with van der Waals surface area (Å²) in [5.74, 6) is -8.85. The third-order valence-electron chi connectivity index (χ3n) is 5.14. The van der Waals surface area contributed by atoms with Crippen molar-refractivity contribution in [3.8, 4) is 5.69 Å². The maximum Gasteiger partial charge on any atom is 0.397 e. The van der Waals surface area contributed by atoms with Crippen LogP contribution in [0.25, 0.3) is 16.7 Å². The van der Waals surface area contributed by atoms with Crippen LogP contribution in [0, 0.1) is 29.2 Å². The molecule has 1 atom stereocenters. The molecule has 1 aliphatic rings. The third kappa shape index (κ3) is 3.69. The quantitative estimate of drug-likeness (QED) is 0.449. The third-order valence-corrected chi connectivity index (χ3v) is 5.14. The van der Waals surface area contributed by atoms with Crippen LogP contribution in [0.2, 0.25) is 0 Å². The van der Waals surface area contributed by atoms with Gasteiger partial charge in [0.1, 0.15) is 34.6 Å². The molecule has 1 amide bonds. The van der Waals surface area contributed by atoms with E-state index in [0.29, 0.717) is 29.0 Å². The summed E-state index contributed by atoms with van der Waals surface area (Å²) >= 11 is 0. The molecule has 0 bridgehead atoms. The highest BCUT2D eigenvalue weighted by Gasteiger charge is 2.51. The SMILES string of the molecule is O=CNc1cn(-c2c(F)cc(F)cc2F)c2nc([C@H](C3CC3)C(F)(F)F)c(F)cc2c1=O. The molecule has 1 N–H and O–H groups in total. The zero-order chi connectivity index (χ0) is 23.4. The molecule has 12 heteroatoms. The molecular weight excluding hydrogens is 447 g/mol. The number of halogens is 7. The van der Waals surface area contributed by atoms with Gasteiger partial charge in [0.2, 0.25) is 11.8 Å². The number of fused-ring (bicyclic) bond motifs is 1. The van der Waals surface area contributed by atoms with Crippen molar-refractivity contribution in [1.29, 1.82) is 0 Å². The van der Waals surface area contributed by atoms with Crippen LogP contribution in [-0.2, 0) is 4.79 Å². The summed E-state index contributed by atoms with van der Waals surface area (Å²) in [4.78, 5) is 27.1. The largest absolute Gasteiger partial charge is 0.397 e. The number of rotatable bonds is 5. The fourth-order valence-electron chi connectivity index (χ4n) is 3.63. The highest BCUT2D eigenvalue weighted by molar-refractivity contribution is 5.84. The number of hydrogen-bond donors (Lipinski definition) is 1. The number of anilines is 1. The van der Waals surface area contributed by atoms with Crippen molar-refractivity contribution in [2.45, 2.75) is 24.9 Å². The van der Waals surface area contributed by atoms with E-state index in [1.165, 1.54) is 0 Å². The van der Waals surface area contributed by atoms with Crippen LogP contribution in [0.5, 0.6) is 0 Å². The second-order valence-corrected chi connectivity index (χ2v) is 7.31. The van der Waals surface area contributed by atoms with Gasteiger partial charge in [-0.25, -0.2) is 22.5 Å². The molecular formula is C20H12F7N3O2. The standard InChI is InChI=1S/C20H12F7N3O2/c21-9-3-12(23)17(13(24)4-9)30-6-14(28-7-31)18(32)10-5-11(22)16(29-19(10)30)15(8-1-2-8)20(25,26)27/h3-8,15H,1-2H2,(H,28,31)/t15-/m0/s1. The van der Waals surface area contributed by atoms with Crippen LogP contribution >= 0.6 is 0 Å². The molecule has 1 aliphatic carbocycles. The van der Waals surface area contributed by atoms with Crippen molar-refractivity contribution in [1.82, 2.24) is 9.55 Å². The number of nitrogens with zero attached hydrogens (tertiary/aromatic N) is 2. The summed E-state index contributed by atoms with van der Waals surface area (Å²) in [6.07, 6.45) is -3.72. The average Bonchev–Trinajstić information content (AvgIpc) is 3.49. The summed E-state index contributed by atoms with van der Waals surface area (Å²) in [7, 11) is 0. The van der Waals surface area contributed by atoms with Crippen molar-refractivity contribution < 1.29 is 35.5 Å². The van der Waals surface area contributed by atoms with E-state index >= 15 is 0 Å². The van der Waals surface area contributed by atoms with Gasteiger partial charge < -0.3 is 5.32 Å². The summed E-state index contributed by atoms with van der Waals surface area (Å²) in [6.45, 7) is 0. The topological polar surface area (TPSA) is 64.0 Å². The van der Waals surface area contributed by atoms with Crippen LogP contribution in [0.15, 0.2) is 29.2 Å². The Balaban J connectivity index is 2.10. The molecule has 0 aliphatic heterocycles. The van der Waals surface area contributed by atoms with Crippen molar-refractivity contribution in [2.24, 2.45) is 5.92 Å². The first-order valence-corrected chi connectivity index (χ1v) is 9.20. The van der Waals surface area contributed by atoms with E-state index in [1.807, 2.05) is 5.32 Å². The number of aromatic nitrogens is 2. The molecule has 32 heavy (non-hydrogen) atoms. The van der Waals surface area contributed by atoms with E-state index in [1.54, 1.807) is 0 Å². The summed E-state index contributed by atoms with van der Waals surface area (Å²) in [5.41, 5.74) is -4.30. The van der Waals surface area contributed by atoms with Gasteiger partial charge in [-0.05, 0) is 24.8 Å². The molecule has 2 aromatic heterocycles. The Kier molecular flexibility index (Phi) is 5.18. The summed E-state index contributed by atoms with van der Waals surface area (Å²) in [6, 6.07) is 1.09. The Labute approximate surface area is 174 Å². The maximum atomic E-state index is 14.7. The molecule has 0 unspecified atom stereocenters. The first-order valence-electron chi connectivity index (χ1n) is 9.20. The molecule has 5 nitrogen and oxygen atoms in total. The van der Waals surface area contributed by atoms with Gasteiger partial charge in [-0.1, -0.05) is 0 Å². The normalized spacial score (nSPS) is 15.1. The van der Waals surface area contributed by atoms with Gasteiger partial charge in [-0.15, -0.1) is 0 Å². The molecule has 1 fully saturated rings. The van der Waals surface area contributed by atoms with E-state index < -0.39 is 74.8 Å². The minimum Gasteiger partial charge on any atom is -0.324 e. The van der Waals surface area contributed by atoms with Crippen molar-refractivity contribution >= 4 is 23.1 Å². The zero-order valence-corrected chi connectivity index (χ0v) is 15.8. The van der Waals surface area contributed by atoms with Gasteiger partial charge in [-0.3, -0.25) is 14.2 Å². The second kappa shape index (κ2) is 7.61. The number of amides is 1. The van der Waals surface area contributed by atoms with Gasteiger partial charge in [-0.2, -0.15) is 13.2 Å². The van der Waals surface area contributed by atoms with E-state index in [9.17, 15) is 40.3 Å². The van der Waals surface area contributed by atoms with Gasteiger partial charge in [0.05, 0.1) is 11.1 Å². The number of pyridine rings is 2. The molecule has 1 aromatic carbocycles. The molecule has 0 saturated heterocycles. The highest BCUT2D eigenvalue weighted by atomic mass is 19.4. The number of carbonyl (C=O) groups is 1. The fraction of sp³-hybridized carbons (Fsp3) is 0.250. The lowest BCUT2D eigenvalue weighted by atomic mass is 9.97. The predicted molar refractivity (Wildman–Crippen MR) is 98.4 cm³/mol. The van der Waals surface area contributed by atoms with Gasteiger partial charge in [0.25, 0.3) is 0 Å². The number of benzene rings is 1.